The average Bonchev–Trinajstić information content (AvgIpc) is 2.91. The molecule has 1 fully saturated rings. The minimum absolute atomic E-state index is 0.367. The Hall–Kier alpha value is -1.02. The van der Waals surface area contributed by atoms with Gasteiger partial charge in [-0.05, 0) is 48.4 Å². The predicted octanol–water partition coefficient (Wildman–Crippen LogP) is 3.42. The number of nitrogens with two attached hydrogens (primary N) is 1. The Kier molecular flexibility index (Phi) is 4.06. The first-order valence-electron chi connectivity index (χ1n) is 6.64. The molecule has 0 saturated heterocycles. The Morgan fingerprint density at radius 3 is 2.65 bits per heavy atom. The van der Waals surface area contributed by atoms with Crippen LogP contribution in [0.1, 0.15) is 55.6 Å². The van der Waals surface area contributed by atoms with E-state index >= 15 is 0 Å². The highest BCUT2D eigenvalue weighted by molar-refractivity contribution is 5.41. The Labute approximate surface area is 104 Å². The molecule has 1 aliphatic carbocycles. The van der Waals surface area contributed by atoms with E-state index in [2.05, 4.69) is 25.1 Å². The van der Waals surface area contributed by atoms with Crippen LogP contribution in [0.15, 0.2) is 18.2 Å². The summed E-state index contributed by atoms with van der Waals surface area (Å²) in [6.45, 7) is 2.83. The van der Waals surface area contributed by atoms with Gasteiger partial charge in [-0.25, -0.2) is 0 Å². The fourth-order valence-corrected chi connectivity index (χ4v) is 2.78. The van der Waals surface area contributed by atoms with Crippen molar-refractivity contribution in [3.63, 3.8) is 0 Å². The van der Waals surface area contributed by atoms with Crippen LogP contribution in [0.3, 0.4) is 0 Å². The van der Waals surface area contributed by atoms with E-state index in [1.807, 2.05) is 0 Å². The molecule has 0 spiro atoms. The lowest BCUT2D eigenvalue weighted by Crippen LogP contribution is -2.10. The molecular formula is C15H23NO. The maximum absolute atomic E-state index is 5.78. The van der Waals surface area contributed by atoms with E-state index in [1.165, 1.54) is 36.8 Å². The van der Waals surface area contributed by atoms with Crippen LogP contribution < -0.4 is 10.5 Å². The van der Waals surface area contributed by atoms with Gasteiger partial charge < -0.3 is 10.5 Å². The zero-order valence-electron chi connectivity index (χ0n) is 10.9. The molecule has 1 aliphatic rings. The fraction of sp³-hybridized carbons (Fsp3) is 0.600. The van der Waals surface area contributed by atoms with Crippen molar-refractivity contribution < 1.29 is 4.74 Å². The van der Waals surface area contributed by atoms with Crippen LogP contribution in [-0.2, 0) is 0 Å². The molecule has 1 unspecified atom stereocenters. The van der Waals surface area contributed by atoms with Crippen LogP contribution in [0.5, 0.6) is 5.75 Å². The van der Waals surface area contributed by atoms with Gasteiger partial charge in [-0.1, -0.05) is 31.9 Å². The summed E-state index contributed by atoms with van der Waals surface area (Å²) in [4.78, 5) is 0. The number of rotatable bonds is 4. The second-order valence-electron chi connectivity index (χ2n) is 5.12. The van der Waals surface area contributed by atoms with Crippen LogP contribution in [0.4, 0.5) is 0 Å². The summed E-state index contributed by atoms with van der Waals surface area (Å²) in [5.41, 5.74) is 8.51. The van der Waals surface area contributed by atoms with Crippen molar-refractivity contribution in [2.45, 2.75) is 44.4 Å². The summed E-state index contributed by atoms with van der Waals surface area (Å²) in [5.74, 6) is 2.10. The fourth-order valence-electron chi connectivity index (χ4n) is 2.78. The molecule has 1 atom stereocenters. The summed E-state index contributed by atoms with van der Waals surface area (Å²) < 4.78 is 5.43. The third-order valence-corrected chi connectivity index (χ3v) is 3.96. The van der Waals surface area contributed by atoms with Crippen molar-refractivity contribution in [2.24, 2.45) is 5.73 Å². The normalized spacial score (nSPS) is 18.3. The molecule has 1 aromatic carbocycles. The van der Waals surface area contributed by atoms with Gasteiger partial charge in [0.25, 0.3) is 0 Å². The highest BCUT2D eigenvalue weighted by Crippen LogP contribution is 2.37. The second-order valence-corrected chi connectivity index (χ2v) is 5.12. The molecule has 2 rings (SSSR count). The first-order chi connectivity index (χ1) is 8.26. The third kappa shape index (κ3) is 2.63. The summed E-state index contributed by atoms with van der Waals surface area (Å²) >= 11 is 0. The smallest absolute Gasteiger partial charge is 0.122 e. The van der Waals surface area contributed by atoms with Crippen molar-refractivity contribution in [3.05, 3.63) is 29.3 Å². The van der Waals surface area contributed by atoms with Crippen LogP contribution in [-0.4, -0.2) is 13.7 Å². The standard InChI is InChI=1S/C15H23NO/c1-11(10-16)14-9-13(7-8-15(14)17-2)12-5-3-4-6-12/h7-9,11-12H,3-6,10,16H2,1-2H3. The maximum Gasteiger partial charge on any atom is 0.122 e. The number of methoxy groups -OCH3 is 1. The lowest BCUT2D eigenvalue weighted by Gasteiger charge is -2.18. The van der Waals surface area contributed by atoms with Gasteiger partial charge in [-0.3, -0.25) is 0 Å². The SMILES string of the molecule is COc1ccc(C2CCCC2)cc1C(C)CN. The molecular weight excluding hydrogens is 210 g/mol. The van der Waals surface area contributed by atoms with Gasteiger partial charge in [0.2, 0.25) is 0 Å². The molecule has 2 heteroatoms. The minimum atomic E-state index is 0.367. The van der Waals surface area contributed by atoms with Gasteiger partial charge in [-0.2, -0.15) is 0 Å². The Morgan fingerprint density at radius 1 is 1.35 bits per heavy atom. The summed E-state index contributed by atoms with van der Waals surface area (Å²) in [6, 6.07) is 6.64. The zero-order chi connectivity index (χ0) is 12.3. The molecule has 2 N–H and O–H groups in total. The number of hydrogen-bond acceptors (Lipinski definition) is 2. The molecule has 94 valence electrons. The van der Waals surface area contributed by atoms with Gasteiger partial charge in [0.05, 0.1) is 7.11 Å². The number of benzene rings is 1. The van der Waals surface area contributed by atoms with Gasteiger partial charge in [-0.15, -0.1) is 0 Å². The molecule has 17 heavy (non-hydrogen) atoms. The minimum Gasteiger partial charge on any atom is -0.496 e. The maximum atomic E-state index is 5.78. The molecule has 1 saturated carbocycles. The average molecular weight is 233 g/mol. The molecule has 0 aromatic heterocycles. The monoisotopic (exact) mass is 233 g/mol. The van der Waals surface area contributed by atoms with E-state index in [0.717, 1.165) is 11.7 Å². The molecule has 0 heterocycles. The van der Waals surface area contributed by atoms with Crippen molar-refractivity contribution in [1.82, 2.24) is 0 Å². The zero-order valence-corrected chi connectivity index (χ0v) is 10.9. The quantitative estimate of drug-likeness (QED) is 0.865. The molecule has 0 radical (unpaired) electrons. The van der Waals surface area contributed by atoms with Crippen molar-refractivity contribution in [3.8, 4) is 5.75 Å². The van der Waals surface area contributed by atoms with Crippen LogP contribution in [0, 0.1) is 0 Å². The van der Waals surface area contributed by atoms with E-state index in [4.69, 9.17) is 10.5 Å². The Balaban J connectivity index is 2.30. The summed E-state index contributed by atoms with van der Waals surface area (Å²) in [7, 11) is 1.73. The lowest BCUT2D eigenvalue weighted by atomic mass is 9.91. The third-order valence-electron chi connectivity index (χ3n) is 3.96. The first-order valence-corrected chi connectivity index (χ1v) is 6.64. The van der Waals surface area contributed by atoms with Gasteiger partial charge >= 0.3 is 0 Å². The van der Waals surface area contributed by atoms with E-state index in [-0.39, 0.29) is 0 Å². The van der Waals surface area contributed by atoms with Gasteiger partial charge in [0, 0.05) is 0 Å². The summed E-state index contributed by atoms with van der Waals surface area (Å²) in [5, 5.41) is 0. The second kappa shape index (κ2) is 5.54. The van der Waals surface area contributed by atoms with Gasteiger partial charge in [0.15, 0.2) is 0 Å². The topological polar surface area (TPSA) is 35.2 Å². The summed E-state index contributed by atoms with van der Waals surface area (Å²) in [6.07, 6.45) is 5.42. The van der Waals surface area contributed by atoms with Crippen LogP contribution >= 0.6 is 0 Å². The molecule has 0 amide bonds. The van der Waals surface area contributed by atoms with Crippen molar-refractivity contribution in [1.29, 1.82) is 0 Å². The Morgan fingerprint density at radius 2 is 2.06 bits per heavy atom. The van der Waals surface area contributed by atoms with E-state index in [1.54, 1.807) is 7.11 Å². The molecule has 2 nitrogen and oxygen atoms in total. The lowest BCUT2D eigenvalue weighted by molar-refractivity contribution is 0.406. The van der Waals surface area contributed by atoms with E-state index in [9.17, 15) is 0 Å². The Bertz CT molecular complexity index is 369. The van der Waals surface area contributed by atoms with Crippen LogP contribution in [0.2, 0.25) is 0 Å². The first kappa shape index (κ1) is 12.4. The van der Waals surface area contributed by atoms with Gasteiger partial charge in [0.1, 0.15) is 5.75 Å². The highest BCUT2D eigenvalue weighted by Gasteiger charge is 2.19. The van der Waals surface area contributed by atoms with E-state index in [0.29, 0.717) is 12.5 Å². The predicted molar refractivity (Wildman–Crippen MR) is 71.7 cm³/mol. The number of hydrogen-bond donors (Lipinski definition) is 1. The largest absolute Gasteiger partial charge is 0.496 e. The molecule has 1 aromatic rings. The van der Waals surface area contributed by atoms with Crippen molar-refractivity contribution in [2.75, 3.05) is 13.7 Å². The van der Waals surface area contributed by atoms with Crippen LogP contribution in [0.25, 0.3) is 0 Å². The number of ether oxygens (including phenoxy) is 1. The van der Waals surface area contributed by atoms with E-state index < -0.39 is 0 Å². The highest BCUT2D eigenvalue weighted by atomic mass is 16.5. The van der Waals surface area contributed by atoms with Crippen molar-refractivity contribution >= 4 is 0 Å². The molecule has 0 bridgehead atoms. The molecule has 0 aliphatic heterocycles.